The zero-order valence-corrected chi connectivity index (χ0v) is 10.5. The lowest BCUT2D eigenvalue weighted by molar-refractivity contribution is 0.427. The van der Waals surface area contributed by atoms with E-state index in [-0.39, 0.29) is 0 Å². The Balaban J connectivity index is 2.68. The molecule has 0 saturated heterocycles. The van der Waals surface area contributed by atoms with Crippen LogP contribution in [0.3, 0.4) is 0 Å². The van der Waals surface area contributed by atoms with E-state index in [9.17, 15) is 0 Å². The van der Waals surface area contributed by atoms with E-state index in [2.05, 4.69) is 41.1 Å². The molecule has 0 amide bonds. The second-order valence-corrected chi connectivity index (χ2v) is 4.89. The number of benzene rings is 1. The fraction of sp³-hybridized carbons (Fsp3) is 0.273. The summed E-state index contributed by atoms with van der Waals surface area (Å²) in [6.07, 6.45) is 1.05. The zero-order valence-electron chi connectivity index (χ0n) is 8.13. The van der Waals surface area contributed by atoms with Crippen LogP contribution in [0.25, 0.3) is 10.1 Å². The maximum Gasteiger partial charge on any atom is 0.174 e. The smallest absolute Gasteiger partial charge is 0.174 e. The number of rotatable bonds is 2. The third-order valence-corrected chi connectivity index (χ3v) is 4.56. The minimum atomic E-state index is 0.967. The summed E-state index contributed by atoms with van der Waals surface area (Å²) in [6, 6.07) is 6.39. The highest BCUT2D eigenvalue weighted by atomic mass is 79.9. The van der Waals surface area contributed by atoms with Crippen LogP contribution in [0.5, 0.6) is 5.06 Å². The fourth-order valence-electron chi connectivity index (χ4n) is 1.46. The molecule has 0 bridgehead atoms. The van der Waals surface area contributed by atoms with Gasteiger partial charge in [-0.2, -0.15) is 0 Å². The van der Waals surface area contributed by atoms with E-state index >= 15 is 0 Å². The molecule has 1 nitrogen and oxygen atoms in total. The summed E-state index contributed by atoms with van der Waals surface area (Å²) in [5.41, 5.74) is 1.35. The summed E-state index contributed by atoms with van der Waals surface area (Å²) < 4.78 is 7.72. The Morgan fingerprint density at radius 2 is 2.21 bits per heavy atom. The zero-order chi connectivity index (χ0) is 10.1. The number of hydrogen-bond donors (Lipinski definition) is 0. The molecule has 0 aliphatic rings. The number of halogens is 1. The SMILES string of the molecule is CCc1ccc2cc(OC)sc2c1Br. The lowest BCUT2D eigenvalue weighted by Gasteiger charge is -2.00. The summed E-state index contributed by atoms with van der Waals surface area (Å²) in [5.74, 6) is 0. The highest BCUT2D eigenvalue weighted by Crippen LogP contribution is 2.38. The number of fused-ring (bicyclic) bond motifs is 1. The van der Waals surface area contributed by atoms with Crippen LogP contribution >= 0.6 is 27.3 Å². The molecule has 0 atom stereocenters. The lowest BCUT2D eigenvalue weighted by atomic mass is 10.1. The molecule has 0 fully saturated rings. The van der Waals surface area contributed by atoms with E-state index in [0.29, 0.717) is 0 Å². The molecule has 0 aliphatic carbocycles. The van der Waals surface area contributed by atoms with Gasteiger partial charge in [0.2, 0.25) is 0 Å². The Morgan fingerprint density at radius 3 is 2.86 bits per heavy atom. The van der Waals surface area contributed by atoms with E-state index in [0.717, 1.165) is 11.5 Å². The molecule has 74 valence electrons. The molecular formula is C11H11BrOS. The van der Waals surface area contributed by atoms with Gasteiger partial charge in [-0.3, -0.25) is 0 Å². The van der Waals surface area contributed by atoms with Crippen LogP contribution in [0.4, 0.5) is 0 Å². The summed E-state index contributed by atoms with van der Waals surface area (Å²) in [7, 11) is 1.71. The van der Waals surface area contributed by atoms with E-state index in [1.807, 2.05) is 0 Å². The number of thiophene rings is 1. The summed E-state index contributed by atoms with van der Waals surface area (Å²) in [4.78, 5) is 0. The van der Waals surface area contributed by atoms with Crippen molar-refractivity contribution in [2.45, 2.75) is 13.3 Å². The first kappa shape index (κ1) is 9.99. The highest BCUT2D eigenvalue weighted by molar-refractivity contribution is 9.10. The molecular weight excluding hydrogens is 260 g/mol. The molecule has 0 radical (unpaired) electrons. The Hall–Kier alpha value is -0.540. The number of ether oxygens (including phenoxy) is 1. The van der Waals surface area contributed by atoms with Crippen molar-refractivity contribution < 1.29 is 4.74 Å². The Morgan fingerprint density at radius 1 is 1.43 bits per heavy atom. The van der Waals surface area contributed by atoms with Gasteiger partial charge in [0.05, 0.1) is 11.8 Å². The van der Waals surface area contributed by atoms with Gasteiger partial charge < -0.3 is 4.74 Å². The minimum absolute atomic E-state index is 0.967. The topological polar surface area (TPSA) is 9.23 Å². The van der Waals surface area contributed by atoms with Crippen molar-refractivity contribution in [3.8, 4) is 5.06 Å². The van der Waals surface area contributed by atoms with Gasteiger partial charge in [0, 0.05) is 4.47 Å². The van der Waals surface area contributed by atoms with Gasteiger partial charge in [-0.05, 0) is 39.4 Å². The second-order valence-electron chi connectivity index (χ2n) is 3.08. The Labute approximate surface area is 95.8 Å². The summed E-state index contributed by atoms with van der Waals surface area (Å²) >= 11 is 5.32. The molecule has 3 heteroatoms. The third-order valence-electron chi connectivity index (χ3n) is 2.27. The normalized spacial score (nSPS) is 10.8. The van der Waals surface area contributed by atoms with Crippen LogP contribution in [0.2, 0.25) is 0 Å². The molecule has 0 unspecified atom stereocenters. The van der Waals surface area contributed by atoms with Crippen LogP contribution in [0.1, 0.15) is 12.5 Å². The highest BCUT2D eigenvalue weighted by Gasteiger charge is 2.07. The van der Waals surface area contributed by atoms with Crippen molar-refractivity contribution >= 4 is 37.4 Å². The molecule has 2 rings (SSSR count). The standard InChI is InChI=1S/C11H11BrOS/c1-3-7-4-5-8-6-9(13-2)14-11(8)10(7)12/h4-6H,3H2,1-2H3. The van der Waals surface area contributed by atoms with Gasteiger partial charge >= 0.3 is 0 Å². The van der Waals surface area contributed by atoms with Crippen LogP contribution in [0, 0.1) is 0 Å². The van der Waals surface area contributed by atoms with E-state index in [1.54, 1.807) is 18.4 Å². The average molecular weight is 271 g/mol. The molecule has 14 heavy (non-hydrogen) atoms. The molecule has 1 aromatic heterocycles. The lowest BCUT2D eigenvalue weighted by Crippen LogP contribution is -1.80. The van der Waals surface area contributed by atoms with Crippen molar-refractivity contribution in [2.75, 3.05) is 7.11 Å². The first-order valence-corrected chi connectivity index (χ1v) is 6.12. The van der Waals surface area contributed by atoms with E-state index in [4.69, 9.17) is 4.74 Å². The molecule has 1 aromatic carbocycles. The monoisotopic (exact) mass is 270 g/mol. The van der Waals surface area contributed by atoms with Crippen LogP contribution < -0.4 is 4.74 Å². The van der Waals surface area contributed by atoms with Crippen LogP contribution in [-0.4, -0.2) is 7.11 Å². The largest absolute Gasteiger partial charge is 0.487 e. The maximum atomic E-state index is 5.23. The summed E-state index contributed by atoms with van der Waals surface area (Å²) in [5, 5.41) is 2.21. The third kappa shape index (κ3) is 1.55. The molecule has 2 aromatic rings. The molecule has 0 aliphatic heterocycles. The van der Waals surface area contributed by atoms with Crippen LogP contribution in [-0.2, 0) is 6.42 Å². The van der Waals surface area contributed by atoms with Gasteiger partial charge in [-0.15, -0.1) is 0 Å². The van der Waals surface area contributed by atoms with Gasteiger partial charge in [0.1, 0.15) is 0 Å². The Bertz CT molecular complexity index is 462. The second kappa shape index (κ2) is 3.91. The van der Waals surface area contributed by atoms with Crippen molar-refractivity contribution in [3.63, 3.8) is 0 Å². The molecule has 0 N–H and O–H groups in total. The van der Waals surface area contributed by atoms with Crippen molar-refractivity contribution in [1.29, 1.82) is 0 Å². The molecule has 0 spiro atoms. The first-order chi connectivity index (χ1) is 6.76. The summed E-state index contributed by atoms with van der Waals surface area (Å²) in [6.45, 7) is 2.16. The fourth-order valence-corrected chi connectivity index (χ4v) is 3.28. The van der Waals surface area contributed by atoms with Crippen molar-refractivity contribution in [2.24, 2.45) is 0 Å². The predicted molar refractivity (Wildman–Crippen MR) is 65.5 cm³/mol. The molecule has 0 saturated carbocycles. The maximum absolute atomic E-state index is 5.23. The Kier molecular flexibility index (Phi) is 2.79. The van der Waals surface area contributed by atoms with Gasteiger partial charge in [-0.1, -0.05) is 30.4 Å². The first-order valence-electron chi connectivity index (χ1n) is 4.51. The van der Waals surface area contributed by atoms with Gasteiger partial charge in [0.15, 0.2) is 5.06 Å². The van der Waals surface area contributed by atoms with E-state index in [1.165, 1.54) is 20.1 Å². The van der Waals surface area contributed by atoms with Crippen molar-refractivity contribution in [1.82, 2.24) is 0 Å². The molecule has 1 heterocycles. The van der Waals surface area contributed by atoms with Crippen LogP contribution in [0.15, 0.2) is 22.7 Å². The number of aryl methyl sites for hydroxylation is 1. The number of methoxy groups -OCH3 is 1. The van der Waals surface area contributed by atoms with Gasteiger partial charge in [0.25, 0.3) is 0 Å². The van der Waals surface area contributed by atoms with E-state index < -0.39 is 0 Å². The van der Waals surface area contributed by atoms with Crippen molar-refractivity contribution in [3.05, 3.63) is 28.2 Å². The van der Waals surface area contributed by atoms with Gasteiger partial charge in [-0.25, -0.2) is 0 Å². The average Bonchev–Trinajstić information content (AvgIpc) is 2.62. The minimum Gasteiger partial charge on any atom is -0.487 e. The quantitative estimate of drug-likeness (QED) is 0.794. The predicted octanol–water partition coefficient (Wildman–Crippen LogP) is 4.23. The number of hydrogen-bond acceptors (Lipinski definition) is 2.